The Morgan fingerprint density at radius 1 is 1.33 bits per heavy atom. The summed E-state index contributed by atoms with van der Waals surface area (Å²) in [5.41, 5.74) is 0. The van der Waals surface area contributed by atoms with E-state index < -0.39 is 10.1 Å². The lowest BCUT2D eigenvalue weighted by atomic mass is 10.6. The standard InChI is InChI=1S/C6H7BrN2O3S.C2H6/c1-13(10,11)12-4-6-8-2-5(7)3-9-6;1-2/h2-3H,4H2,1H3;1-2H3. The van der Waals surface area contributed by atoms with Crippen molar-refractivity contribution in [2.75, 3.05) is 6.26 Å². The van der Waals surface area contributed by atoms with Crippen molar-refractivity contribution in [3.8, 4) is 0 Å². The van der Waals surface area contributed by atoms with Gasteiger partial charge in [-0.2, -0.15) is 8.42 Å². The molecule has 0 aliphatic heterocycles. The van der Waals surface area contributed by atoms with Gasteiger partial charge in [0, 0.05) is 12.4 Å². The SMILES string of the molecule is CC.CS(=O)(=O)OCc1ncc(Br)cn1. The van der Waals surface area contributed by atoms with Gasteiger partial charge in [-0.25, -0.2) is 9.97 Å². The van der Waals surface area contributed by atoms with Gasteiger partial charge in [-0.3, -0.25) is 4.18 Å². The monoisotopic (exact) mass is 296 g/mol. The Morgan fingerprint density at radius 3 is 2.20 bits per heavy atom. The smallest absolute Gasteiger partial charge is 0.262 e. The summed E-state index contributed by atoms with van der Waals surface area (Å²) in [5.74, 6) is 0.327. The van der Waals surface area contributed by atoms with Gasteiger partial charge in [0.1, 0.15) is 6.61 Å². The van der Waals surface area contributed by atoms with Crippen LogP contribution in [0.5, 0.6) is 0 Å². The molecule has 7 heteroatoms. The molecule has 0 unspecified atom stereocenters. The van der Waals surface area contributed by atoms with Crippen LogP contribution in [0.3, 0.4) is 0 Å². The number of hydrogen-bond donors (Lipinski definition) is 0. The third-order valence-electron chi connectivity index (χ3n) is 1.08. The molecule has 0 bridgehead atoms. The third kappa shape index (κ3) is 7.40. The van der Waals surface area contributed by atoms with Gasteiger partial charge in [0.15, 0.2) is 5.82 Å². The Labute approximate surface area is 98.2 Å². The average Bonchev–Trinajstić information content (AvgIpc) is 2.19. The summed E-state index contributed by atoms with van der Waals surface area (Å²) in [6, 6.07) is 0. The first-order valence-corrected chi connectivity index (χ1v) is 6.89. The van der Waals surface area contributed by atoms with Crippen molar-refractivity contribution in [2.24, 2.45) is 0 Å². The summed E-state index contributed by atoms with van der Waals surface area (Å²) in [6.07, 6.45) is 4.02. The summed E-state index contributed by atoms with van der Waals surface area (Å²) in [5, 5.41) is 0. The first-order chi connectivity index (χ1) is 6.97. The fraction of sp³-hybridized carbons (Fsp3) is 0.500. The predicted octanol–water partition coefficient (Wildman–Crippen LogP) is 1.74. The molecule has 0 aromatic carbocycles. The van der Waals surface area contributed by atoms with E-state index in [1.54, 1.807) is 0 Å². The second kappa shape index (κ2) is 6.86. The van der Waals surface area contributed by atoms with Crippen LogP contribution in [0.2, 0.25) is 0 Å². The molecule has 0 aliphatic carbocycles. The van der Waals surface area contributed by atoms with E-state index in [0.717, 1.165) is 10.7 Å². The fourth-order valence-corrected chi connectivity index (χ4v) is 1.10. The van der Waals surface area contributed by atoms with Gasteiger partial charge < -0.3 is 0 Å². The van der Waals surface area contributed by atoms with Crippen LogP contribution >= 0.6 is 15.9 Å². The molecule has 1 aromatic rings. The Bertz CT molecular complexity index is 377. The van der Waals surface area contributed by atoms with E-state index in [1.807, 2.05) is 13.8 Å². The minimum absolute atomic E-state index is 0.133. The maximum atomic E-state index is 10.6. The summed E-state index contributed by atoms with van der Waals surface area (Å²) in [6.45, 7) is 3.87. The Kier molecular flexibility index (Phi) is 6.62. The maximum Gasteiger partial charge on any atom is 0.264 e. The molecular weight excluding hydrogens is 284 g/mol. The van der Waals surface area contributed by atoms with Crippen molar-refractivity contribution in [3.63, 3.8) is 0 Å². The van der Waals surface area contributed by atoms with Crippen molar-refractivity contribution >= 4 is 26.0 Å². The van der Waals surface area contributed by atoms with Crippen LogP contribution in [0.1, 0.15) is 19.7 Å². The van der Waals surface area contributed by atoms with Gasteiger partial charge in [0.2, 0.25) is 0 Å². The summed E-state index contributed by atoms with van der Waals surface area (Å²) in [4.78, 5) is 7.67. The number of nitrogens with zero attached hydrogens (tertiary/aromatic N) is 2. The van der Waals surface area contributed by atoms with E-state index in [9.17, 15) is 8.42 Å². The lowest BCUT2D eigenvalue weighted by Crippen LogP contribution is -2.05. The highest BCUT2D eigenvalue weighted by atomic mass is 79.9. The second-order valence-electron chi connectivity index (χ2n) is 2.28. The van der Waals surface area contributed by atoms with Crippen LogP contribution in [-0.4, -0.2) is 24.6 Å². The zero-order valence-corrected chi connectivity index (χ0v) is 11.2. The number of hydrogen-bond acceptors (Lipinski definition) is 5. The molecular formula is C8H13BrN2O3S. The van der Waals surface area contributed by atoms with Crippen LogP contribution in [0.4, 0.5) is 0 Å². The molecule has 0 atom stereocenters. The van der Waals surface area contributed by atoms with Crippen LogP contribution in [0.15, 0.2) is 16.9 Å². The van der Waals surface area contributed by atoms with Crippen LogP contribution < -0.4 is 0 Å². The predicted molar refractivity (Wildman–Crippen MR) is 60.7 cm³/mol. The Hall–Kier alpha value is -0.530. The van der Waals surface area contributed by atoms with E-state index in [1.165, 1.54) is 12.4 Å². The summed E-state index contributed by atoms with van der Waals surface area (Å²) < 4.78 is 26.4. The minimum atomic E-state index is -3.42. The number of halogens is 1. The lowest BCUT2D eigenvalue weighted by molar-refractivity contribution is 0.302. The van der Waals surface area contributed by atoms with Crippen LogP contribution in [0.25, 0.3) is 0 Å². The van der Waals surface area contributed by atoms with E-state index in [2.05, 4.69) is 30.1 Å². The Balaban J connectivity index is 0.000000921. The molecule has 15 heavy (non-hydrogen) atoms. The molecule has 1 heterocycles. The molecule has 0 fully saturated rings. The zero-order chi connectivity index (χ0) is 11.9. The van der Waals surface area contributed by atoms with Crippen molar-refractivity contribution in [1.29, 1.82) is 0 Å². The molecule has 86 valence electrons. The van der Waals surface area contributed by atoms with E-state index in [-0.39, 0.29) is 6.61 Å². The van der Waals surface area contributed by atoms with Crippen molar-refractivity contribution in [3.05, 3.63) is 22.7 Å². The van der Waals surface area contributed by atoms with Gasteiger partial charge in [-0.05, 0) is 15.9 Å². The molecule has 1 rings (SSSR count). The fourth-order valence-electron chi connectivity index (χ4n) is 0.573. The average molecular weight is 297 g/mol. The van der Waals surface area contributed by atoms with Gasteiger partial charge >= 0.3 is 0 Å². The zero-order valence-electron chi connectivity index (χ0n) is 8.77. The highest BCUT2D eigenvalue weighted by Crippen LogP contribution is 2.05. The molecule has 0 amide bonds. The van der Waals surface area contributed by atoms with Gasteiger partial charge in [-0.15, -0.1) is 0 Å². The normalized spacial score (nSPS) is 10.4. The molecule has 0 aliphatic rings. The van der Waals surface area contributed by atoms with Crippen molar-refractivity contribution in [2.45, 2.75) is 20.5 Å². The summed E-state index contributed by atoms with van der Waals surface area (Å²) >= 11 is 3.15. The lowest BCUT2D eigenvalue weighted by Gasteiger charge is -1.99. The van der Waals surface area contributed by atoms with Gasteiger partial charge in [-0.1, -0.05) is 13.8 Å². The van der Waals surface area contributed by atoms with Gasteiger partial charge in [0.25, 0.3) is 10.1 Å². The second-order valence-corrected chi connectivity index (χ2v) is 4.84. The van der Waals surface area contributed by atoms with Crippen molar-refractivity contribution < 1.29 is 12.6 Å². The highest BCUT2D eigenvalue weighted by Gasteiger charge is 2.03. The molecule has 5 nitrogen and oxygen atoms in total. The molecule has 1 aromatic heterocycles. The topological polar surface area (TPSA) is 69.2 Å². The first-order valence-electron chi connectivity index (χ1n) is 4.28. The molecule has 0 spiro atoms. The molecule has 0 N–H and O–H groups in total. The van der Waals surface area contributed by atoms with Gasteiger partial charge in [0.05, 0.1) is 10.7 Å². The van der Waals surface area contributed by atoms with Crippen LogP contribution in [-0.2, 0) is 20.9 Å². The number of rotatable bonds is 3. The minimum Gasteiger partial charge on any atom is -0.262 e. The molecule has 0 radical (unpaired) electrons. The van der Waals surface area contributed by atoms with E-state index in [0.29, 0.717) is 5.82 Å². The maximum absolute atomic E-state index is 10.6. The van der Waals surface area contributed by atoms with Crippen LogP contribution in [0, 0.1) is 0 Å². The highest BCUT2D eigenvalue weighted by molar-refractivity contribution is 9.10. The van der Waals surface area contributed by atoms with E-state index in [4.69, 9.17) is 0 Å². The first kappa shape index (κ1) is 14.5. The quantitative estimate of drug-likeness (QED) is 0.795. The Morgan fingerprint density at radius 2 is 1.80 bits per heavy atom. The van der Waals surface area contributed by atoms with Crippen molar-refractivity contribution in [1.82, 2.24) is 9.97 Å². The molecule has 0 saturated heterocycles. The summed E-state index contributed by atoms with van der Waals surface area (Å²) in [7, 11) is -3.42. The third-order valence-corrected chi connectivity index (χ3v) is 2.03. The van der Waals surface area contributed by atoms with E-state index >= 15 is 0 Å². The largest absolute Gasteiger partial charge is 0.264 e. The molecule has 0 saturated carbocycles. The number of aromatic nitrogens is 2.